The van der Waals surface area contributed by atoms with Gasteiger partial charge in [-0.25, -0.2) is 4.98 Å². The van der Waals surface area contributed by atoms with Gasteiger partial charge in [0.2, 0.25) is 0 Å². The number of nitrogens with zero attached hydrogens (tertiary/aromatic N) is 1. The van der Waals surface area contributed by atoms with Crippen LogP contribution in [0.3, 0.4) is 0 Å². The second kappa shape index (κ2) is 5.14. The maximum atomic E-state index is 4.56. The van der Waals surface area contributed by atoms with Crippen molar-refractivity contribution >= 4 is 70.9 Å². The van der Waals surface area contributed by atoms with E-state index in [2.05, 4.69) is 79.2 Å². The molecule has 0 fully saturated rings. The zero-order valence-corrected chi connectivity index (χ0v) is 13.7. The predicted octanol–water partition coefficient (Wildman–Crippen LogP) is 5.41. The molecule has 1 aromatic heterocycles. The molecular formula is C13H8BrIN2S. The monoisotopic (exact) mass is 430 g/mol. The highest BCUT2D eigenvalue weighted by Crippen LogP contribution is 2.30. The lowest BCUT2D eigenvalue weighted by Crippen LogP contribution is -1.88. The van der Waals surface area contributed by atoms with Crippen LogP contribution < -0.4 is 5.32 Å². The molecule has 2 nitrogen and oxygen atoms in total. The zero-order chi connectivity index (χ0) is 12.5. The maximum Gasteiger partial charge on any atom is 0.188 e. The van der Waals surface area contributed by atoms with Crippen LogP contribution in [0.5, 0.6) is 0 Å². The van der Waals surface area contributed by atoms with Crippen LogP contribution in [0.15, 0.2) is 46.9 Å². The average molecular weight is 431 g/mol. The third-order valence-electron chi connectivity index (χ3n) is 2.45. The average Bonchev–Trinajstić information content (AvgIpc) is 2.73. The van der Waals surface area contributed by atoms with Gasteiger partial charge in [-0.1, -0.05) is 27.3 Å². The number of aromatic nitrogens is 1. The minimum atomic E-state index is 0.921. The Morgan fingerprint density at radius 2 is 1.89 bits per heavy atom. The second-order valence-corrected chi connectivity index (χ2v) is 6.95. The first-order valence-electron chi connectivity index (χ1n) is 5.29. The number of thiazole rings is 1. The summed E-state index contributed by atoms with van der Waals surface area (Å²) in [6, 6.07) is 14.4. The van der Waals surface area contributed by atoms with Crippen LogP contribution >= 0.6 is 49.9 Å². The van der Waals surface area contributed by atoms with E-state index in [0.717, 1.165) is 20.8 Å². The number of nitrogens with one attached hydrogen (secondary N) is 1. The minimum Gasteiger partial charge on any atom is -0.332 e. The van der Waals surface area contributed by atoms with Crippen molar-refractivity contribution < 1.29 is 0 Å². The van der Waals surface area contributed by atoms with Gasteiger partial charge in [-0.2, -0.15) is 0 Å². The minimum absolute atomic E-state index is 0.921. The van der Waals surface area contributed by atoms with Gasteiger partial charge in [-0.05, 0) is 65.1 Å². The number of benzene rings is 2. The molecule has 90 valence electrons. The SMILES string of the molecule is Brc1ccc2nc(Nc3ccc(I)cc3)sc2c1. The molecule has 0 atom stereocenters. The van der Waals surface area contributed by atoms with Crippen molar-refractivity contribution in [3.05, 3.63) is 50.5 Å². The van der Waals surface area contributed by atoms with Crippen LogP contribution in [0.1, 0.15) is 0 Å². The third-order valence-corrected chi connectivity index (χ3v) is 4.59. The lowest BCUT2D eigenvalue weighted by Gasteiger charge is -2.01. The molecule has 0 unspecified atom stereocenters. The quantitative estimate of drug-likeness (QED) is 0.550. The summed E-state index contributed by atoms with van der Waals surface area (Å²) in [5.74, 6) is 0. The van der Waals surface area contributed by atoms with Gasteiger partial charge in [0.1, 0.15) is 0 Å². The van der Waals surface area contributed by atoms with Crippen LogP contribution in [-0.4, -0.2) is 4.98 Å². The zero-order valence-electron chi connectivity index (χ0n) is 9.15. The largest absolute Gasteiger partial charge is 0.332 e. The molecular weight excluding hydrogens is 423 g/mol. The van der Waals surface area contributed by atoms with E-state index in [0.29, 0.717) is 0 Å². The molecule has 5 heteroatoms. The van der Waals surface area contributed by atoms with Crippen molar-refractivity contribution in [2.75, 3.05) is 5.32 Å². The number of fused-ring (bicyclic) bond motifs is 1. The number of halogens is 2. The molecule has 1 heterocycles. The molecule has 0 saturated carbocycles. The van der Waals surface area contributed by atoms with Crippen molar-refractivity contribution in [3.8, 4) is 0 Å². The maximum absolute atomic E-state index is 4.56. The summed E-state index contributed by atoms with van der Waals surface area (Å²) in [5.41, 5.74) is 2.09. The Kier molecular flexibility index (Phi) is 3.54. The molecule has 0 bridgehead atoms. The molecule has 18 heavy (non-hydrogen) atoms. The molecule has 3 rings (SSSR count). The van der Waals surface area contributed by atoms with E-state index in [1.54, 1.807) is 11.3 Å². The number of rotatable bonds is 2. The summed E-state index contributed by atoms with van der Waals surface area (Å²) >= 11 is 7.43. The van der Waals surface area contributed by atoms with E-state index < -0.39 is 0 Å². The molecule has 0 spiro atoms. The lowest BCUT2D eigenvalue weighted by molar-refractivity contribution is 1.44. The Morgan fingerprint density at radius 3 is 2.67 bits per heavy atom. The normalized spacial score (nSPS) is 10.8. The molecule has 0 radical (unpaired) electrons. The third kappa shape index (κ3) is 2.67. The van der Waals surface area contributed by atoms with Gasteiger partial charge >= 0.3 is 0 Å². The Morgan fingerprint density at radius 1 is 1.11 bits per heavy atom. The first-order valence-corrected chi connectivity index (χ1v) is 7.98. The van der Waals surface area contributed by atoms with Crippen LogP contribution in [0.4, 0.5) is 10.8 Å². The summed E-state index contributed by atoms with van der Waals surface area (Å²) in [4.78, 5) is 4.56. The number of hydrogen-bond donors (Lipinski definition) is 1. The Labute approximate surface area is 131 Å². The number of anilines is 2. The topological polar surface area (TPSA) is 24.9 Å². The van der Waals surface area contributed by atoms with E-state index in [4.69, 9.17) is 0 Å². The van der Waals surface area contributed by atoms with Gasteiger partial charge in [0.25, 0.3) is 0 Å². The van der Waals surface area contributed by atoms with E-state index in [9.17, 15) is 0 Å². The molecule has 1 N–H and O–H groups in total. The number of hydrogen-bond acceptors (Lipinski definition) is 3. The Balaban J connectivity index is 1.92. The van der Waals surface area contributed by atoms with Gasteiger partial charge in [-0.3, -0.25) is 0 Å². The molecule has 0 aliphatic heterocycles. The Hall–Kier alpha value is -0.660. The summed E-state index contributed by atoms with van der Waals surface area (Å²) in [5, 5.41) is 4.25. The molecule has 3 aromatic rings. The molecule has 0 saturated heterocycles. The van der Waals surface area contributed by atoms with Crippen LogP contribution in [0, 0.1) is 3.57 Å². The standard InChI is InChI=1S/C13H8BrIN2S/c14-8-1-6-11-12(7-8)18-13(17-11)16-10-4-2-9(15)3-5-10/h1-7H,(H,16,17). The van der Waals surface area contributed by atoms with Gasteiger partial charge < -0.3 is 5.32 Å². The second-order valence-electron chi connectivity index (χ2n) is 3.76. The van der Waals surface area contributed by atoms with Crippen molar-refractivity contribution in [1.29, 1.82) is 0 Å². The first-order chi connectivity index (χ1) is 8.70. The summed E-state index contributed by atoms with van der Waals surface area (Å²) < 4.78 is 3.49. The molecule has 0 aliphatic rings. The van der Waals surface area contributed by atoms with Gasteiger partial charge in [0.05, 0.1) is 10.2 Å². The highest BCUT2D eigenvalue weighted by molar-refractivity contribution is 14.1. The van der Waals surface area contributed by atoms with E-state index >= 15 is 0 Å². The van der Waals surface area contributed by atoms with Crippen LogP contribution in [0.25, 0.3) is 10.2 Å². The molecule has 0 amide bonds. The van der Waals surface area contributed by atoms with Crippen molar-refractivity contribution in [3.63, 3.8) is 0 Å². The summed E-state index contributed by atoms with van der Waals surface area (Å²) in [6.45, 7) is 0. The van der Waals surface area contributed by atoms with E-state index in [1.807, 2.05) is 12.1 Å². The first kappa shape index (κ1) is 12.4. The fourth-order valence-electron chi connectivity index (χ4n) is 1.61. The highest BCUT2D eigenvalue weighted by Gasteiger charge is 2.04. The highest BCUT2D eigenvalue weighted by atomic mass is 127. The van der Waals surface area contributed by atoms with Crippen molar-refractivity contribution in [2.45, 2.75) is 0 Å². The smallest absolute Gasteiger partial charge is 0.188 e. The summed E-state index contributed by atoms with van der Waals surface area (Å²) in [6.07, 6.45) is 0. The van der Waals surface area contributed by atoms with Gasteiger partial charge in [-0.15, -0.1) is 0 Å². The van der Waals surface area contributed by atoms with Crippen LogP contribution in [-0.2, 0) is 0 Å². The van der Waals surface area contributed by atoms with E-state index in [1.165, 1.54) is 8.27 Å². The fourth-order valence-corrected chi connectivity index (χ4v) is 3.41. The fraction of sp³-hybridized carbons (Fsp3) is 0. The van der Waals surface area contributed by atoms with Crippen molar-refractivity contribution in [2.24, 2.45) is 0 Å². The van der Waals surface area contributed by atoms with E-state index in [-0.39, 0.29) is 0 Å². The van der Waals surface area contributed by atoms with Gasteiger partial charge in [0.15, 0.2) is 5.13 Å². The summed E-state index contributed by atoms with van der Waals surface area (Å²) in [7, 11) is 0. The van der Waals surface area contributed by atoms with Crippen molar-refractivity contribution in [1.82, 2.24) is 4.98 Å². The Bertz CT molecular complexity index is 694. The molecule has 0 aliphatic carbocycles. The van der Waals surface area contributed by atoms with Gasteiger partial charge in [0, 0.05) is 13.7 Å². The molecule has 2 aromatic carbocycles. The van der Waals surface area contributed by atoms with Crippen LogP contribution in [0.2, 0.25) is 0 Å². The predicted molar refractivity (Wildman–Crippen MR) is 89.8 cm³/mol. The lowest BCUT2D eigenvalue weighted by atomic mass is 10.3.